The molecule has 1 fully saturated rings. The van der Waals surface area contributed by atoms with Gasteiger partial charge in [0, 0.05) is 5.54 Å². The van der Waals surface area contributed by atoms with Crippen LogP contribution in [0.5, 0.6) is 0 Å². The van der Waals surface area contributed by atoms with E-state index in [2.05, 4.69) is 10.0 Å². The molecule has 4 nitrogen and oxygen atoms in total. The van der Waals surface area contributed by atoms with Crippen LogP contribution in [0.3, 0.4) is 0 Å². The number of piperidine rings is 1. The largest absolute Gasteiger partial charge is 0.317 e. The van der Waals surface area contributed by atoms with E-state index in [-0.39, 0.29) is 17.3 Å². The summed E-state index contributed by atoms with van der Waals surface area (Å²) in [5.41, 5.74) is -0.432. The van der Waals surface area contributed by atoms with Crippen LogP contribution in [0.25, 0.3) is 0 Å². The Morgan fingerprint density at radius 2 is 1.74 bits per heavy atom. The number of halogens is 2. The zero-order valence-electron chi connectivity index (χ0n) is 10.6. The van der Waals surface area contributed by atoms with Crippen LogP contribution in [0.2, 0.25) is 0 Å². The van der Waals surface area contributed by atoms with Gasteiger partial charge >= 0.3 is 0 Å². The number of sulfonamides is 1. The Hall–Kier alpha value is -0.690. The predicted molar refractivity (Wildman–Crippen MR) is 74.5 cm³/mol. The van der Waals surface area contributed by atoms with Crippen molar-refractivity contribution in [2.75, 3.05) is 13.1 Å². The molecule has 0 amide bonds. The van der Waals surface area contributed by atoms with Gasteiger partial charge in [-0.2, -0.15) is 0 Å². The van der Waals surface area contributed by atoms with Crippen molar-refractivity contribution >= 4 is 22.4 Å². The average molecular weight is 309 g/mol. The molecule has 0 saturated carbocycles. The fourth-order valence-corrected chi connectivity index (χ4v) is 3.54. The lowest BCUT2D eigenvalue weighted by Crippen LogP contribution is -2.52. The van der Waals surface area contributed by atoms with Gasteiger partial charge in [0.2, 0.25) is 10.0 Å². The first kappa shape index (κ1) is 16.4. The number of benzene rings is 1. The van der Waals surface area contributed by atoms with Crippen molar-refractivity contribution in [2.24, 2.45) is 0 Å². The first-order chi connectivity index (χ1) is 8.41. The summed E-state index contributed by atoms with van der Waals surface area (Å²) in [7, 11) is -3.58. The van der Waals surface area contributed by atoms with Crippen LogP contribution in [0.4, 0.5) is 4.39 Å². The molecule has 2 rings (SSSR count). The van der Waals surface area contributed by atoms with E-state index in [1.807, 2.05) is 6.92 Å². The molecular weight excluding hydrogens is 291 g/mol. The average Bonchev–Trinajstić information content (AvgIpc) is 2.29. The summed E-state index contributed by atoms with van der Waals surface area (Å²) in [5, 5.41) is 3.19. The molecule has 7 heteroatoms. The highest BCUT2D eigenvalue weighted by Gasteiger charge is 2.31. The zero-order chi connectivity index (χ0) is 13.2. The smallest absolute Gasteiger partial charge is 0.241 e. The third-order valence-electron chi connectivity index (χ3n) is 3.21. The van der Waals surface area contributed by atoms with Gasteiger partial charge in [-0.3, -0.25) is 0 Å². The maximum absolute atomic E-state index is 12.8. The fourth-order valence-electron chi connectivity index (χ4n) is 2.08. The highest BCUT2D eigenvalue weighted by molar-refractivity contribution is 7.89. The predicted octanol–water partition coefficient (Wildman–Crippen LogP) is 1.67. The molecular formula is C12H18ClFN2O2S. The number of hydrogen-bond acceptors (Lipinski definition) is 3. The minimum atomic E-state index is -3.58. The van der Waals surface area contributed by atoms with E-state index in [9.17, 15) is 12.8 Å². The summed E-state index contributed by atoms with van der Waals surface area (Å²) >= 11 is 0. The molecule has 0 bridgehead atoms. The van der Waals surface area contributed by atoms with Crippen LogP contribution in [0.15, 0.2) is 29.2 Å². The summed E-state index contributed by atoms with van der Waals surface area (Å²) in [6.07, 6.45) is 1.49. The quantitative estimate of drug-likeness (QED) is 0.893. The van der Waals surface area contributed by atoms with E-state index in [1.54, 1.807) is 0 Å². The van der Waals surface area contributed by atoms with Crippen molar-refractivity contribution < 1.29 is 12.8 Å². The molecule has 1 aliphatic rings. The molecule has 1 heterocycles. The minimum absolute atomic E-state index is 0. The Balaban J connectivity index is 0.00000180. The van der Waals surface area contributed by atoms with Crippen LogP contribution in [-0.4, -0.2) is 27.0 Å². The molecule has 0 spiro atoms. The van der Waals surface area contributed by atoms with Crippen LogP contribution in [0, 0.1) is 5.82 Å². The third kappa shape index (κ3) is 4.14. The molecule has 0 atom stereocenters. The first-order valence-electron chi connectivity index (χ1n) is 5.92. The van der Waals surface area contributed by atoms with Crippen molar-refractivity contribution in [3.63, 3.8) is 0 Å². The van der Waals surface area contributed by atoms with Crippen molar-refractivity contribution in [3.8, 4) is 0 Å². The Kier molecular flexibility index (Phi) is 5.32. The topological polar surface area (TPSA) is 58.2 Å². The molecule has 1 saturated heterocycles. The molecule has 0 aromatic heterocycles. The maximum atomic E-state index is 12.8. The highest BCUT2D eigenvalue weighted by Crippen LogP contribution is 2.21. The van der Waals surface area contributed by atoms with Gasteiger partial charge < -0.3 is 5.32 Å². The summed E-state index contributed by atoms with van der Waals surface area (Å²) in [4.78, 5) is 0.101. The minimum Gasteiger partial charge on any atom is -0.317 e. The fraction of sp³-hybridized carbons (Fsp3) is 0.500. The Morgan fingerprint density at radius 1 is 1.21 bits per heavy atom. The monoisotopic (exact) mass is 308 g/mol. The Morgan fingerprint density at radius 3 is 2.26 bits per heavy atom. The van der Waals surface area contributed by atoms with Gasteiger partial charge in [0.25, 0.3) is 0 Å². The number of nitrogens with one attached hydrogen (secondary N) is 2. The van der Waals surface area contributed by atoms with E-state index in [0.717, 1.165) is 38.1 Å². The summed E-state index contributed by atoms with van der Waals surface area (Å²) < 4.78 is 39.8. The zero-order valence-corrected chi connectivity index (χ0v) is 12.3. The molecule has 0 aliphatic carbocycles. The standard InChI is InChI=1S/C12H17FN2O2S.ClH/c1-12(6-8-14-9-7-12)15-18(16,17)11-4-2-10(13)3-5-11;/h2-5,14-15H,6-9H2,1H3;1H. The number of hydrogen-bond donors (Lipinski definition) is 2. The van der Waals surface area contributed by atoms with E-state index in [4.69, 9.17) is 0 Å². The highest BCUT2D eigenvalue weighted by atomic mass is 35.5. The number of rotatable bonds is 3. The second kappa shape index (κ2) is 6.17. The molecule has 0 unspecified atom stereocenters. The maximum Gasteiger partial charge on any atom is 0.241 e. The van der Waals surface area contributed by atoms with Crippen LogP contribution < -0.4 is 10.0 Å². The molecule has 0 radical (unpaired) electrons. The van der Waals surface area contributed by atoms with Crippen molar-refractivity contribution in [2.45, 2.75) is 30.2 Å². The molecule has 19 heavy (non-hydrogen) atoms. The Bertz CT molecular complexity index is 513. The van der Waals surface area contributed by atoms with Gasteiger partial charge in [0.15, 0.2) is 0 Å². The van der Waals surface area contributed by atoms with E-state index >= 15 is 0 Å². The normalized spacial score (nSPS) is 18.6. The van der Waals surface area contributed by atoms with E-state index in [0.29, 0.717) is 0 Å². The van der Waals surface area contributed by atoms with Gasteiger partial charge in [0.1, 0.15) is 5.82 Å². The molecule has 1 aliphatic heterocycles. The second-order valence-corrected chi connectivity index (χ2v) is 6.55. The second-order valence-electron chi connectivity index (χ2n) is 4.87. The van der Waals surface area contributed by atoms with E-state index < -0.39 is 21.4 Å². The summed E-state index contributed by atoms with van der Waals surface area (Å²) in [5.74, 6) is -0.443. The third-order valence-corrected chi connectivity index (χ3v) is 4.87. The van der Waals surface area contributed by atoms with E-state index in [1.165, 1.54) is 12.1 Å². The van der Waals surface area contributed by atoms with Crippen LogP contribution in [0.1, 0.15) is 19.8 Å². The van der Waals surface area contributed by atoms with Gasteiger partial charge in [-0.1, -0.05) is 0 Å². The van der Waals surface area contributed by atoms with Gasteiger partial charge in [0.05, 0.1) is 4.90 Å². The SMILES string of the molecule is CC1(NS(=O)(=O)c2ccc(F)cc2)CCNCC1.Cl. The van der Waals surface area contributed by atoms with Crippen LogP contribution >= 0.6 is 12.4 Å². The first-order valence-corrected chi connectivity index (χ1v) is 7.40. The van der Waals surface area contributed by atoms with Crippen molar-refractivity contribution in [3.05, 3.63) is 30.1 Å². The lowest BCUT2D eigenvalue weighted by atomic mass is 9.92. The lowest BCUT2D eigenvalue weighted by molar-refractivity contribution is 0.308. The van der Waals surface area contributed by atoms with Gasteiger partial charge in [-0.25, -0.2) is 17.5 Å². The van der Waals surface area contributed by atoms with Gasteiger partial charge in [-0.05, 0) is 57.1 Å². The molecule has 1 aromatic carbocycles. The lowest BCUT2D eigenvalue weighted by Gasteiger charge is -2.34. The molecule has 1 aromatic rings. The van der Waals surface area contributed by atoms with Crippen molar-refractivity contribution in [1.29, 1.82) is 0 Å². The van der Waals surface area contributed by atoms with Crippen molar-refractivity contribution in [1.82, 2.24) is 10.0 Å². The molecule has 108 valence electrons. The molecule has 2 N–H and O–H groups in total. The van der Waals surface area contributed by atoms with Gasteiger partial charge in [-0.15, -0.1) is 12.4 Å². The summed E-state index contributed by atoms with van der Waals surface area (Å²) in [6.45, 7) is 3.49. The van der Waals surface area contributed by atoms with Crippen LogP contribution in [-0.2, 0) is 10.0 Å². The summed E-state index contributed by atoms with van der Waals surface area (Å²) in [6, 6.07) is 4.86. The Labute approximate surface area is 119 Å².